The summed E-state index contributed by atoms with van der Waals surface area (Å²) in [5.41, 5.74) is -1.45. The number of ether oxygens (including phenoxy) is 1. The standard InChI is InChI=1S/C17H26N8O5/c1-11(26)7-25-20-14(19-21-25)9-24-8-13(16(28)23(3)17(24)29)15(27)18-6-12-10-30-5-4-22(12)2/h8,11-12,26H,4-7,9-10H2,1-3H3,(H,18,27)/t11-,12?/m1/s1. The second-order valence-corrected chi connectivity index (χ2v) is 7.35. The molecule has 1 aliphatic rings. The van der Waals surface area contributed by atoms with E-state index in [0.717, 1.165) is 11.1 Å². The quantitative estimate of drug-likeness (QED) is 0.477. The minimum atomic E-state index is -0.687. The Morgan fingerprint density at radius 1 is 1.40 bits per heavy atom. The lowest BCUT2D eigenvalue weighted by Gasteiger charge is -2.32. The van der Waals surface area contributed by atoms with Crippen LogP contribution >= 0.6 is 0 Å². The van der Waals surface area contributed by atoms with E-state index in [1.165, 1.54) is 22.6 Å². The van der Waals surface area contributed by atoms with Gasteiger partial charge in [0, 0.05) is 26.3 Å². The number of aliphatic hydroxyl groups excluding tert-OH is 1. The fourth-order valence-electron chi connectivity index (χ4n) is 3.06. The molecular weight excluding hydrogens is 396 g/mol. The fourth-order valence-corrected chi connectivity index (χ4v) is 3.06. The Kier molecular flexibility index (Phi) is 6.74. The van der Waals surface area contributed by atoms with Crippen molar-refractivity contribution in [3.63, 3.8) is 0 Å². The maximum atomic E-state index is 12.6. The largest absolute Gasteiger partial charge is 0.391 e. The first-order chi connectivity index (χ1) is 14.3. The van der Waals surface area contributed by atoms with Crippen LogP contribution in [0.1, 0.15) is 23.1 Å². The van der Waals surface area contributed by atoms with E-state index in [-0.39, 0.29) is 30.5 Å². The predicted octanol–water partition coefficient (Wildman–Crippen LogP) is -2.98. The van der Waals surface area contributed by atoms with Gasteiger partial charge in [0.05, 0.1) is 38.4 Å². The van der Waals surface area contributed by atoms with Gasteiger partial charge in [0.1, 0.15) is 5.56 Å². The van der Waals surface area contributed by atoms with E-state index < -0.39 is 23.3 Å². The maximum absolute atomic E-state index is 12.6. The van der Waals surface area contributed by atoms with Crippen molar-refractivity contribution in [3.05, 3.63) is 38.4 Å². The van der Waals surface area contributed by atoms with Crippen molar-refractivity contribution in [3.8, 4) is 0 Å². The molecule has 0 bridgehead atoms. The van der Waals surface area contributed by atoms with Gasteiger partial charge < -0.3 is 15.2 Å². The van der Waals surface area contributed by atoms with Crippen molar-refractivity contribution in [1.29, 1.82) is 0 Å². The smallest absolute Gasteiger partial charge is 0.331 e. The van der Waals surface area contributed by atoms with Crippen molar-refractivity contribution in [1.82, 2.24) is 39.6 Å². The van der Waals surface area contributed by atoms with Crippen LogP contribution < -0.4 is 16.6 Å². The normalized spacial score (nSPS) is 18.3. The molecule has 1 amide bonds. The van der Waals surface area contributed by atoms with Gasteiger partial charge in [0.15, 0.2) is 5.82 Å². The molecule has 2 N–H and O–H groups in total. The van der Waals surface area contributed by atoms with Crippen molar-refractivity contribution < 1.29 is 14.6 Å². The summed E-state index contributed by atoms with van der Waals surface area (Å²) in [4.78, 5) is 40.8. The zero-order chi connectivity index (χ0) is 21.8. The first kappa shape index (κ1) is 21.8. The predicted molar refractivity (Wildman–Crippen MR) is 104 cm³/mol. The molecule has 13 nitrogen and oxygen atoms in total. The zero-order valence-electron chi connectivity index (χ0n) is 17.2. The van der Waals surface area contributed by atoms with Gasteiger partial charge in [-0.1, -0.05) is 0 Å². The van der Waals surface area contributed by atoms with E-state index >= 15 is 0 Å². The summed E-state index contributed by atoms with van der Waals surface area (Å²) >= 11 is 0. The summed E-state index contributed by atoms with van der Waals surface area (Å²) in [7, 11) is 3.24. The highest BCUT2D eigenvalue weighted by atomic mass is 16.5. The third-order valence-corrected chi connectivity index (χ3v) is 4.85. The summed E-state index contributed by atoms with van der Waals surface area (Å²) in [6.07, 6.45) is 0.549. The van der Waals surface area contributed by atoms with Gasteiger partial charge in [-0.25, -0.2) is 4.79 Å². The highest BCUT2D eigenvalue weighted by Crippen LogP contribution is 2.03. The van der Waals surface area contributed by atoms with Crippen LogP contribution in [0.25, 0.3) is 0 Å². The van der Waals surface area contributed by atoms with Crippen LogP contribution in [0.3, 0.4) is 0 Å². The average molecular weight is 422 g/mol. The van der Waals surface area contributed by atoms with Crippen LogP contribution in [-0.2, 0) is 24.9 Å². The molecule has 0 aliphatic carbocycles. The number of aliphatic hydroxyl groups is 1. The monoisotopic (exact) mass is 422 g/mol. The number of rotatable bonds is 7. The molecule has 1 saturated heterocycles. The second kappa shape index (κ2) is 9.28. The number of carbonyl (C=O) groups excluding carboxylic acids is 1. The van der Waals surface area contributed by atoms with Crippen LogP contribution in [0.4, 0.5) is 0 Å². The second-order valence-electron chi connectivity index (χ2n) is 7.35. The van der Waals surface area contributed by atoms with Crippen molar-refractivity contribution in [2.75, 3.05) is 33.4 Å². The Morgan fingerprint density at radius 2 is 2.17 bits per heavy atom. The summed E-state index contributed by atoms with van der Waals surface area (Å²) in [6, 6.07) is 0.00520. The van der Waals surface area contributed by atoms with Crippen molar-refractivity contribution >= 4 is 5.91 Å². The van der Waals surface area contributed by atoms with Crippen molar-refractivity contribution in [2.24, 2.45) is 7.05 Å². The highest BCUT2D eigenvalue weighted by Gasteiger charge is 2.22. The lowest BCUT2D eigenvalue weighted by molar-refractivity contribution is 0.00667. The average Bonchev–Trinajstić information content (AvgIpc) is 3.13. The van der Waals surface area contributed by atoms with Gasteiger partial charge in [-0.05, 0) is 19.2 Å². The summed E-state index contributed by atoms with van der Waals surface area (Å²) < 4.78 is 7.46. The van der Waals surface area contributed by atoms with E-state index in [2.05, 4.69) is 25.6 Å². The molecule has 1 aliphatic heterocycles. The van der Waals surface area contributed by atoms with Crippen LogP contribution in [0.2, 0.25) is 0 Å². The third kappa shape index (κ3) is 4.98. The van der Waals surface area contributed by atoms with Crippen LogP contribution in [0.5, 0.6) is 0 Å². The van der Waals surface area contributed by atoms with Crippen LogP contribution in [0.15, 0.2) is 15.8 Å². The van der Waals surface area contributed by atoms with Gasteiger partial charge in [0.2, 0.25) is 0 Å². The lowest BCUT2D eigenvalue weighted by Crippen LogP contribution is -2.50. The topological polar surface area (TPSA) is 149 Å². The lowest BCUT2D eigenvalue weighted by atomic mass is 10.2. The number of nitrogens with zero attached hydrogens (tertiary/aromatic N) is 7. The molecule has 2 aromatic rings. The number of nitrogens with one attached hydrogen (secondary N) is 1. The summed E-state index contributed by atoms with van der Waals surface area (Å²) in [5, 5.41) is 23.9. The number of hydrogen-bond acceptors (Lipinski definition) is 9. The van der Waals surface area contributed by atoms with E-state index in [4.69, 9.17) is 4.74 Å². The Morgan fingerprint density at radius 3 is 2.87 bits per heavy atom. The van der Waals surface area contributed by atoms with E-state index in [1.54, 1.807) is 6.92 Å². The molecular formula is C17H26N8O5. The Balaban J connectivity index is 1.77. The molecule has 30 heavy (non-hydrogen) atoms. The van der Waals surface area contributed by atoms with E-state index in [1.807, 2.05) is 7.05 Å². The number of tetrazole rings is 1. The van der Waals surface area contributed by atoms with E-state index in [0.29, 0.717) is 19.8 Å². The van der Waals surface area contributed by atoms with Gasteiger partial charge >= 0.3 is 5.69 Å². The maximum Gasteiger partial charge on any atom is 0.331 e. The first-order valence-corrected chi connectivity index (χ1v) is 9.57. The zero-order valence-corrected chi connectivity index (χ0v) is 17.2. The fraction of sp³-hybridized carbons (Fsp3) is 0.647. The number of morpholine rings is 1. The molecule has 1 fully saturated rings. The van der Waals surface area contributed by atoms with Gasteiger partial charge in [-0.15, -0.1) is 10.2 Å². The number of likely N-dealkylation sites (N-methyl/N-ethyl adjacent to an activating group) is 1. The van der Waals surface area contributed by atoms with Gasteiger partial charge in [-0.3, -0.25) is 23.6 Å². The third-order valence-electron chi connectivity index (χ3n) is 4.85. The van der Waals surface area contributed by atoms with Gasteiger partial charge in [-0.2, -0.15) is 4.80 Å². The van der Waals surface area contributed by atoms with Crippen LogP contribution in [0, 0.1) is 0 Å². The molecule has 13 heteroatoms. The molecule has 0 spiro atoms. The summed E-state index contributed by atoms with van der Waals surface area (Å²) in [6.45, 7) is 3.87. The molecule has 0 radical (unpaired) electrons. The highest BCUT2D eigenvalue weighted by molar-refractivity contribution is 5.93. The SMILES string of the molecule is C[C@@H](O)Cn1nnc(Cn2cc(C(=O)NCC3COCCN3C)c(=O)n(C)c2=O)n1. The minimum Gasteiger partial charge on any atom is -0.391 e. The molecule has 164 valence electrons. The Labute approximate surface area is 171 Å². The molecule has 1 unspecified atom stereocenters. The molecule has 0 saturated carbocycles. The summed E-state index contributed by atoms with van der Waals surface area (Å²) in [5.74, 6) is -0.363. The number of hydrogen-bond donors (Lipinski definition) is 2. The first-order valence-electron chi connectivity index (χ1n) is 9.57. The van der Waals surface area contributed by atoms with Gasteiger partial charge in [0.25, 0.3) is 11.5 Å². The molecule has 2 aromatic heterocycles. The number of amides is 1. The number of carbonyl (C=O) groups is 1. The van der Waals surface area contributed by atoms with Crippen LogP contribution in [-0.4, -0.2) is 90.8 Å². The Bertz CT molecular complexity index is 1010. The Hall–Kier alpha value is -2.90. The molecule has 2 atom stereocenters. The van der Waals surface area contributed by atoms with E-state index in [9.17, 15) is 19.5 Å². The molecule has 3 heterocycles. The molecule has 3 rings (SSSR count). The number of aromatic nitrogens is 6. The molecule has 0 aromatic carbocycles. The van der Waals surface area contributed by atoms with Crippen molar-refractivity contribution in [2.45, 2.75) is 32.2 Å². The minimum absolute atomic E-state index is 0.00520.